The van der Waals surface area contributed by atoms with Crippen molar-refractivity contribution in [3.8, 4) is 0 Å². The summed E-state index contributed by atoms with van der Waals surface area (Å²) in [5.41, 5.74) is 7.75. The molecule has 3 heteroatoms. The molecule has 0 heterocycles. The lowest BCUT2D eigenvalue weighted by Crippen LogP contribution is -2.21. The van der Waals surface area contributed by atoms with E-state index in [0.29, 0.717) is 17.3 Å². The molecule has 0 spiro atoms. The van der Waals surface area contributed by atoms with E-state index in [1.807, 2.05) is 0 Å². The van der Waals surface area contributed by atoms with Gasteiger partial charge >= 0.3 is 0 Å². The molecule has 0 bridgehead atoms. The van der Waals surface area contributed by atoms with Crippen LogP contribution in [0.1, 0.15) is 24.8 Å². The molecule has 0 saturated heterocycles. The minimum Gasteiger partial charge on any atom is -0.397 e. The third-order valence-corrected chi connectivity index (χ3v) is 2.96. The van der Waals surface area contributed by atoms with Crippen molar-refractivity contribution in [1.29, 1.82) is 0 Å². The maximum absolute atomic E-state index is 13.2. The van der Waals surface area contributed by atoms with E-state index in [2.05, 4.69) is 17.5 Å². The molecule has 16 heavy (non-hydrogen) atoms. The summed E-state index contributed by atoms with van der Waals surface area (Å²) >= 11 is 0. The van der Waals surface area contributed by atoms with Gasteiger partial charge in [-0.05, 0) is 43.9 Å². The third kappa shape index (κ3) is 2.35. The van der Waals surface area contributed by atoms with Crippen LogP contribution in [0.25, 0.3) is 0 Å². The van der Waals surface area contributed by atoms with Gasteiger partial charge in [0, 0.05) is 6.04 Å². The van der Waals surface area contributed by atoms with Crippen molar-refractivity contribution in [2.24, 2.45) is 0 Å². The van der Waals surface area contributed by atoms with E-state index >= 15 is 0 Å². The topological polar surface area (TPSA) is 38.0 Å². The fourth-order valence-corrected chi connectivity index (χ4v) is 1.97. The van der Waals surface area contributed by atoms with Crippen LogP contribution in [0, 0.1) is 12.7 Å². The first kappa shape index (κ1) is 11.0. The highest BCUT2D eigenvalue weighted by atomic mass is 19.1. The second kappa shape index (κ2) is 4.56. The summed E-state index contributed by atoms with van der Waals surface area (Å²) in [6.07, 6.45) is 7.57. The Balaban J connectivity index is 2.14. The lowest BCUT2D eigenvalue weighted by Gasteiger charge is -2.22. The average Bonchev–Trinajstić information content (AvgIpc) is 2.27. The van der Waals surface area contributed by atoms with Crippen molar-refractivity contribution in [2.45, 2.75) is 32.2 Å². The van der Waals surface area contributed by atoms with Gasteiger partial charge in [0.2, 0.25) is 0 Å². The summed E-state index contributed by atoms with van der Waals surface area (Å²) < 4.78 is 13.2. The fourth-order valence-electron chi connectivity index (χ4n) is 1.97. The molecule has 0 aliphatic heterocycles. The molecule has 2 nitrogen and oxygen atoms in total. The first-order valence-electron chi connectivity index (χ1n) is 5.64. The molecule has 86 valence electrons. The highest BCUT2D eigenvalue weighted by molar-refractivity contribution is 5.67. The lowest BCUT2D eigenvalue weighted by molar-refractivity contribution is 0.618. The normalized spacial score (nSPS) is 19.8. The van der Waals surface area contributed by atoms with Crippen molar-refractivity contribution < 1.29 is 4.39 Å². The number of nitrogens with one attached hydrogen (secondary N) is 1. The van der Waals surface area contributed by atoms with E-state index in [1.54, 1.807) is 13.0 Å². The summed E-state index contributed by atoms with van der Waals surface area (Å²) in [7, 11) is 0. The number of halogens is 1. The zero-order chi connectivity index (χ0) is 11.5. The molecular weight excluding hydrogens is 203 g/mol. The molecule has 1 aromatic carbocycles. The molecule has 1 aliphatic rings. The van der Waals surface area contributed by atoms with Gasteiger partial charge in [-0.15, -0.1) is 0 Å². The lowest BCUT2D eigenvalue weighted by atomic mass is 10.0. The predicted octanol–water partition coefficient (Wildman–Crippen LogP) is 3.24. The molecule has 0 amide bonds. The fraction of sp³-hybridized carbons (Fsp3) is 0.385. The van der Waals surface area contributed by atoms with Gasteiger partial charge in [0.15, 0.2) is 0 Å². The monoisotopic (exact) mass is 220 g/mol. The number of allylic oxidation sites excluding steroid dienone is 1. The Kier molecular flexibility index (Phi) is 3.13. The van der Waals surface area contributed by atoms with Crippen molar-refractivity contribution in [3.05, 3.63) is 35.7 Å². The zero-order valence-corrected chi connectivity index (χ0v) is 9.46. The molecule has 0 fully saturated rings. The molecule has 1 unspecified atom stereocenters. The molecule has 1 aromatic rings. The molecular formula is C13H17FN2. The van der Waals surface area contributed by atoms with Gasteiger partial charge in [0.1, 0.15) is 5.82 Å². The largest absolute Gasteiger partial charge is 0.397 e. The minimum absolute atomic E-state index is 0.244. The Morgan fingerprint density at radius 2 is 2.19 bits per heavy atom. The van der Waals surface area contributed by atoms with Gasteiger partial charge in [-0.1, -0.05) is 12.2 Å². The number of benzene rings is 1. The Bertz CT molecular complexity index is 413. The standard InChI is InChI=1S/C13H17FN2/c1-9-7-13(12(15)8-11(9)14)16-10-5-3-2-4-6-10/h2-3,7-8,10,16H,4-6,15H2,1H3. The van der Waals surface area contributed by atoms with Crippen LogP contribution in [-0.4, -0.2) is 6.04 Å². The number of hydrogen-bond acceptors (Lipinski definition) is 2. The van der Waals surface area contributed by atoms with E-state index in [4.69, 9.17) is 5.73 Å². The average molecular weight is 220 g/mol. The number of rotatable bonds is 2. The third-order valence-electron chi connectivity index (χ3n) is 2.96. The van der Waals surface area contributed by atoms with Crippen LogP contribution >= 0.6 is 0 Å². The van der Waals surface area contributed by atoms with Crippen molar-refractivity contribution in [1.82, 2.24) is 0 Å². The van der Waals surface area contributed by atoms with Gasteiger partial charge < -0.3 is 11.1 Å². The summed E-state index contributed by atoms with van der Waals surface area (Å²) in [5, 5.41) is 3.37. The SMILES string of the molecule is Cc1cc(NC2CC=CCC2)c(N)cc1F. The molecule has 3 N–H and O–H groups in total. The molecule has 2 rings (SSSR count). The van der Waals surface area contributed by atoms with E-state index < -0.39 is 0 Å². The highest BCUT2D eigenvalue weighted by Crippen LogP contribution is 2.25. The van der Waals surface area contributed by atoms with E-state index in [-0.39, 0.29) is 5.82 Å². The number of nitrogens with two attached hydrogens (primary N) is 1. The summed E-state index contributed by atoms with van der Waals surface area (Å²) in [6.45, 7) is 1.75. The minimum atomic E-state index is -0.244. The molecule has 0 aromatic heterocycles. The van der Waals surface area contributed by atoms with Crippen molar-refractivity contribution >= 4 is 11.4 Å². The van der Waals surface area contributed by atoms with Crippen molar-refractivity contribution in [3.63, 3.8) is 0 Å². The van der Waals surface area contributed by atoms with E-state index in [9.17, 15) is 4.39 Å². The quantitative estimate of drug-likeness (QED) is 0.593. The van der Waals surface area contributed by atoms with Gasteiger partial charge in [-0.25, -0.2) is 4.39 Å². The van der Waals surface area contributed by atoms with Crippen LogP contribution in [0.5, 0.6) is 0 Å². The smallest absolute Gasteiger partial charge is 0.128 e. The first-order valence-corrected chi connectivity index (χ1v) is 5.64. The van der Waals surface area contributed by atoms with E-state index in [1.165, 1.54) is 6.07 Å². The summed E-state index contributed by atoms with van der Waals surface area (Å²) in [6, 6.07) is 3.58. The predicted molar refractivity (Wildman–Crippen MR) is 66.0 cm³/mol. The number of hydrogen-bond donors (Lipinski definition) is 2. The number of aryl methyl sites for hydroxylation is 1. The van der Waals surface area contributed by atoms with Crippen molar-refractivity contribution in [2.75, 3.05) is 11.1 Å². The first-order chi connectivity index (χ1) is 7.66. The van der Waals surface area contributed by atoms with Crippen LogP contribution in [0.3, 0.4) is 0 Å². The highest BCUT2D eigenvalue weighted by Gasteiger charge is 2.12. The van der Waals surface area contributed by atoms with Gasteiger partial charge in [-0.3, -0.25) is 0 Å². The van der Waals surface area contributed by atoms with E-state index in [0.717, 1.165) is 24.9 Å². The van der Waals surface area contributed by atoms with Crippen LogP contribution < -0.4 is 11.1 Å². The summed E-state index contributed by atoms with van der Waals surface area (Å²) in [5.74, 6) is -0.244. The molecule has 1 aliphatic carbocycles. The number of nitrogen functional groups attached to an aromatic ring is 1. The summed E-state index contributed by atoms with van der Waals surface area (Å²) in [4.78, 5) is 0. The maximum atomic E-state index is 13.2. The van der Waals surface area contributed by atoms with Crippen LogP contribution in [-0.2, 0) is 0 Å². The molecule has 0 saturated carbocycles. The Morgan fingerprint density at radius 3 is 2.88 bits per heavy atom. The van der Waals surface area contributed by atoms with Crippen LogP contribution in [0.15, 0.2) is 24.3 Å². The van der Waals surface area contributed by atoms with Crippen LogP contribution in [0.4, 0.5) is 15.8 Å². The van der Waals surface area contributed by atoms with Crippen LogP contribution in [0.2, 0.25) is 0 Å². The second-order valence-electron chi connectivity index (χ2n) is 4.31. The van der Waals surface area contributed by atoms with Gasteiger partial charge in [0.25, 0.3) is 0 Å². The Hall–Kier alpha value is -1.51. The maximum Gasteiger partial charge on any atom is 0.128 e. The Labute approximate surface area is 95.3 Å². The Morgan fingerprint density at radius 1 is 1.38 bits per heavy atom. The number of anilines is 2. The zero-order valence-electron chi connectivity index (χ0n) is 9.46. The van der Waals surface area contributed by atoms with Gasteiger partial charge in [-0.2, -0.15) is 0 Å². The molecule has 0 radical (unpaired) electrons. The molecule has 1 atom stereocenters. The van der Waals surface area contributed by atoms with Gasteiger partial charge in [0.05, 0.1) is 11.4 Å². The second-order valence-corrected chi connectivity index (χ2v) is 4.31.